The van der Waals surface area contributed by atoms with E-state index in [-0.39, 0.29) is 52.6 Å². The van der Waals surface area contributed by atoms with E-state index in [4.69, 9.17) is 0 Å². The van der Waals surface area contributed by atoms with Crippen molar-refractivity contribution in [2.45, 2.75) is 19.3 Å². The van der Waals surface area contributed by atoms with Crippen molar-refractivity contribution in [1.29, 1.82) is 0 Å². The molecule has 1 aliphatic rings. The average molecular weight is 414 g/mol. The van der Waals surface area contributed by atoms with Gasteiger partial charge in [-0.2, -0.15) is 0 Å². The minimum atomic E-state index is -0.764. The first-order chi connectivity index (χ1) is 14.1. The number of benzene rings is 3. The number of hydrogen-bond acceptors (Lipinski definition) is 9. The Morgan fingerprint density at radius 2 is 0.600 bits per heavy atom. The predicted octanol–water partition coefficient (Wildman–Crippen LogP) is 2.12. The van der Waals surface area contributed by atoms with Crippen LogP contribution in [0.2, 0.25) is 0 Å². The highest BCUT2D eigenvalue weighted by molar-refractivity contribution is 5.66. The molecule has 0 saturated heterocycles. The molecule has 156 valence electrons. The molecule has 30 heavy (non-hydrogen) atoms. The molecule has 9 heteroatoms. The maximum absolute atomic E-state index is 10.4. The van der Waals surface area contributed by atoms with Crippen LogP contribution >= 0.6 is 0 Å². The Hall–Kier alpha value is -4.14. The highest BCUT2D eigenvalue weighted by Crippen LogP contribution is 2.49. The lowest BCUT2D eigenvalue weighted by Crippen LogP contribution is -1.99. The molecule has 0 aromatic heterocycles. The molecule has 0 fully saturated rings. The van der Waals surface area contributed by atoms with Crippen LogP contribution in [0, 0.1) is 0 Å². The Kier molecular flexibility index (Phi) is 4.12. The maximum atomic E-state index is 10.4. The maximum Gasteiger partial charge on any atom is 0.200 e. The van der Waals surface area contributed by atoms with E-state index in [0.717, 1.165) is 0 Å². The normalized spacial score (nSPS) is 12.8. The quantitative estimate of drug-likeness (QED) is 0.195. The Balaban J connectivity index is 2.11. The predicted molar refractivity (Wildman–Crippen MR) is 103 cm³/mol. The number of aromatic hydroxyl groups is 9. The van der Waals surface area contributed by atoms with Gasteiger partial charge in [-0.05, 0) is 34.9 Å². The molecule has 3 aromatic rings. The molecule has 0 saturated carbocycles. The SMILES string of the molecule is Oc1cc2c(c(O)c1O)Cc1cc(O)c(O)c(O)c1Cc1cc(O)c(O)c(O)c1C2. The lowest BCUT2D eigenvalue weighted by atomic mass is 9.93. The van der Waals surface area contributed by atoms with Crippen molar-refractivity contribution < 1.29 is 46.0 Å². The summed E-state index contributed by atoms with van der Waals surface area (Å²) in [5.41, 5.74) is 1.25. The number of rotatable bonds is 0. The molecule has 0 heterocycles. The van der Waals surface area contributed by atoms with Gasteiger partial charge in [-0.15, -0.1) is 0 Å². The van der Waals surface area contributed by atoms with Crippen LogP contribution in [-0.4, -0.2) is 46.0 Å². The van der Waals surface area contributed by atoms with Crippen molar-refractivity contribution in [2.24, 2.45) is 0 Å². The average Bonchev–Trinajstić information content (AvgIpc) is 2.76. The largest absolute Gasteiger partial charge is 0.504 e. The number of fused-ring (bicyclic) bond motifs is 3. The third kappa shape index (κ3) is 2.71. The Morgan fingerprint density at radius 3 is 0.833 bits per heavy atom. The second-order valence-electron chi connectivity index (χ2n) is 7.22. The number of hydrogen-bond donors (Lipinski definition) is 9. The number of phenolic OH excluding ortho intramolecular Hbond substituents is 9. The highest BCUT2D eigenvalue weighted by Gasteiger charge is 2.27. The summed E-state index contributed by atoms with van der Waals surface area (Å²) in [7, 11) is 0. The zero-order chi connectivity index (χ0) is 21.9. The fraction of sp³-hybridized carbons (Fsp3) is 0.143. The van der Waals surface area contributed by atoms with E-state index in [0.29, 0.717) is 0 Å². The van der Waals surface area contributed by atoms with Crippen LogP contribution in [0.3, 0.4) is 0 Å². The monoisotopic (exact) mass is 414 g/mol. The molecule has 0 atom stereocenters. The molecule has 0 aliphatic heterocycles. The van der Waals surface area contributed by atoms with Crippen molar-refractivity contribution in [3.05, 3.63) is 51.6 Å². The van der Waals surface area contributed by atoms with Crippen molar-refractivity contribution in [1.82, 2.24) is 0 Å². The third-order valence-corrected chi connectivity index (χ3v) is 5.46. The second-order valence-corrected chi connectivity index (χ2v) is 7.22. The fourth-order valence-electron chi connectivity index (χ4n) is 3.85. The first-order valence-electron chi connectivity index (χ1n) is 8.87. The van der Waals surface area contributed by atoms with Crippen LogP contribution < -0.4 is 0 Å². The molecule has 3 aromatic carbocycles. The zero-order valence-corrected chi connectivity index (χ0v) is 15.4. The molecule has 9 N–H and O–H groups in total. The van der Waals surface area contributed by atoms with E-state index in [1.165, 1.54) is 18.2 Å². The van der Waals surface area contributed by atoms with E-state index in [9.17, 15) is 46.0 Å². The van der Waals surface area contributed by atoms with Crippen LogP contribution in [0.25, 0.3) is 0 Å². The van der Waals surface area contributed by atoms with E-state index in [1.807, 2.05) is 0 Å². The van der Waals surface area contributed by atoms with Crippen LogP contribution in [-0.2, 0) is 19.3 Å². The van der Waals surface area contributed by atoms with Crippen LogP contribution in [0.1, 0.15) is 33.4 Å². The molecule has 4 rings (SSSR count). The highest BCUT2D eigenvalue weighted by atomic mass is 16.3. The van der Waals surface area contributed by atoms with Gasteiger partial charge in [0.05, 0.1) is 0 Å². The standard InChI is InChI=1S/C21H18O9/c22-13-4-7-1-10-8(5-14(23)19(28)16(10)25)2-12-9(3-11(7)17(26)20(13)29)6-15(24)21(30)18(12)27/h4-6,22-30H,1-3H2. The van der Waals surface area contributed by atoms with Gasteiger partial charge in [-0.1, -0.05) is 0 Å². The summed E-state index contributed by atoms with van der Waals surface area (Å²) < 4.78 is 0. The first-order valence-corrected chi connectivity index (χ1v) is 8.87. The van der Waals surface area contributed by atoms with Gasteiger partial charge in [0.1, 0.15) is 0 Å². The molecular formula is C21H18O9. The molecule has 0 amide bonds. The third-order valence-electron chi connectivity index (χ3n) is 5.46. The van der Waals surface area contributed by atoms with Crippen molar-refractivity contribution in [3.8, 4) is 51.7 Å². The smallest absolute Gasteiger partial charge is 0.200 e. The summed E-state index contributed by atoms with van der Waals surface area (Å²) in [5, 5.41) is 91.0. The van der Waals surface area contributed by atoms with Crippen LogP contribution in [0.15, 0.2) is 18.2 Å². The summed E-state index contributed by atoms with van der Waals surface area (Å²) in [5.74, 6) is -6.00. The fourth-order valence-corrected chi connectivity index (χ4v) is 3.85. The Labute approximate surface area is 169 Å². The molecule has 0 unspecified atom stereocenters. The summed E-state index contributed by atoms with van der Waals surface area (Å²) in [6, 6.07) is 3.55. The van der Waals surface area contributed by atoms with Crippen LogP contribution in [0.4, 0.5) is 0 Å². The molecule has 1 aliphatic carbocycles. The molecule has 0 spiro atoms. The van der Waals surface area contributed by atoms with Crippen molar-refractivity contribution in [2.75, 3.05) is 0 Å². The Bertz CT molecular complexity index is 1060. The van der Waals surface area contributed by atoms with Crippen molar-refractivity contribution >= 4 is 0 Å². The minimum absolute atomic E-state index is 0.113. The lowest BCUT2D eigenvalue weighted by Gasteiger charge is -2.16. The van der Waals surface area contributed by atoms with Gasteiger partial charge in [-0.25, -0.2) is 0 Å². The summed E-state index contributed by atoms with van der Waals surface area (Å²) in [6.07, 6.45) is -0.338. The van der Waals surface area contributed by atoms with E-state index >= 15 is 0 Å². The van der Waals surface area contributed by atoms with Gasteiger partial charge in [0, 0.05) is 36.0 Å². The topological polar surface area (TPSA) is 182 Å². The molecule has 0 bridgehead atoms. The van der Waals surface area contributed by atoms with Gasteiger partial charge in [0.15, 0.2) is 34.5 Å². The number of phenols is 9. The van der Waals surface area contributed by atoms with Gasteiger partial charge >= 0.3 is 0 Å². The van der Waals surface area contributed by atoms with Crippen LogP contribution in [0.5, 0.6) is 51.7 Å². The summed E-state index contributed by atoms with van der Waals surface area (Å²) in [6.45, 7) is 0. The van der Waals surface area contributed by atoms with E-state index in [1.54, 1.807) is 0 Å². The van der Waals surface area contributed by atoms with Gasteiger partial charge in [0.25, 0.3) is 0 Å². The summed E-state index contributed by atoms with van der Waals surface area (Å²) >= 11 is 0. The van der Waals surface area contributed by atoms with E-state index < -0.39 is 51.7 Å². The van der Waals surface area contributed by atoms with Gasteiger partial charge in [0.2, 0.25) is 17.2 Å². The Morgan fingerprint density at radius 1 is 0.367 bits per heavy atom. The first kappa shape index (κ1) is 19.2. The summed E-state index contributed by atoms with van der Waals surface area (Å²) in [4.78, 5) is 0. The molecule has 9 nitrogen and oxygen atoms in total. The molecular weight excluding hydrogens is 396 g/mol. The minimum Gasteiger partial charge on any atom is -0.504 e. The molecule has 0 radical (unpaired) electrons. The second kappa shape index (κ2) is 6.45. The van der Waals surface area contributed by atoms with Gasteiger partial charge in [-0.3, -0.25) is 0 Å². The van der Waals surface area contributed by atoms with Crippen molar-refractivity contribution in [3.63, 3.8) is 0 Å². The van der Waals surface area contributed by atoms with E-state index in [2.05, 4.69) is 0 Å². The van der Waals surface area contributed by atoms with Gasteiger partial charge < -0.3 is 46.0 Å². The zero-order valence-electron chi connectivity index (χ0n) is 15.4. The lowest BCUT2D eigenvalue weighted by molar-refractivity contribution is 0.362.